The highest BCUT2D eigenvalue weighted by atomic mass is 16.4. The van der Waals surface area contributed by atoms with E-state index in [-0.39, 0.29) is 19.5 Å². The van der Waals surface area contributed by atoms with E-state index in [1.165, 1.54) is 16.1 Å². The van der Waals surface area contributed by atoms with Crippen molar-refractivity contribution in [2.75, 3.05) is 13.6 Å². The molecule has 1 aromatic rings. The number of aliphatic hydroxyl groups excluding tert-OH is 1. The summed E-state index contributed by atoms with van der Waals surface area (Å²) in [5.41, 5.74) is 0. The van der Waals surface area contributed by atoms with Crippen LogP contribution in [0.1, 0.15) is 12.2 Å². The Kier molecular flexibility index (Phi) is 3.75. The summed E-state index contributed by atoms with van der Waals surface area (Å²) >= 11 is 0. The minimum absolute atomic E-state index is 0.0400. The van der Waals surface area contributed by atoms with Crippen LogP contribution >= 0.6 is 0 Å². The number of amides is 2. The smallest absolute Gasteiger partial charge is 0.326 e. The molecule has 2 N–H and O–H groups in total. The van der Waals surface area contributed by atoms with Crippen LogP contribution in [0.4, 0.5) is 4.79 Å². The lowest BCUT2D eigenvalue weighted by molar-refractivity contribution is -0.141. The standard InChI is InChI=1S/C12H16N2O5/c1-13(7-9-3-2-4-19-9)12(18)14-6-8(15)5-10(14)11(16)17/h2-4,8,10,15H,5-7H2,1H3,(H,16,17)/t8-,10+/m1/s1. The van der Waals surface area contributed by atoms with Crippen LogP contribution in [0.2, 0.25) is 0 Å². The van der Waals surface area contributed by atoms with Gasteiger partial charge >= 0.3 is 12.0 Å². The molecular weight excluding hydrogens is 252 g/mol. The van der Waals surface area contributed by atoms with Gasteiger partial charge in [0.15, 0.2) is 0 Å². The van der Waals surface area contributed by atoms with Crippen molar-refractivity contribution < 1.29 is 24.2 Å². The minimum Gasteiger partial charge on any atom is -0.480 e. The molecule has 0 aromatic carbocycles. The summed E-state index contributed by atoms with van der Waals surface area (Å²) in [6.07, 6.45) is 0.783. The molecule has 1 aliphatic heterocycles. The summed E-state index contributed by atoms with van der Waals surface area (Å²) in [5, 5.41) is 18.6. The normalized spacial score (nSPS) is 22.5. The van der Waals surface area contributed by atoms with E-state index in [1.54, 1.807) is 19.2 Å². The number of β-amino-alcohol motifs (C(OH)–C–C–N with tert-alkyl or cyclic N) is 1. The Labute approximate surface area is 110 Å². The van der Waals surface area contributed by atoms with Crippen molar-refractivity contribution in [3.63, 3.8) is 0 Å². The van der Waals surface area contributed by atoms with E-state index in [2.05, 4.69) is 0 Å². The molecule has 0 radical (unpaired) electrons. The number of nitrogens with zero attached hydrogens (tertiary/aromatic N) is 2. The Morgan fingerprint density at radius 1 is 1.58 bits per heavy atom. The Morgan fingerprint density at radius 3 is 2.89 bits per heavy atom. The molecule has 1 saturated heterocycles. The first kappa shape index (κ1) is 13.4. The molecule has 2 atom stereocenters. The molecule has 0 bridgehead atoms. The Bertz CT molecular complexity index is 459. The van der Waals surface area contributed by atoms with E-state index >= 15 is 0 Å². The summed E-state index contributed by atoms with van der Waals surface area (Å²) in [4.78, 5) is 25.8. The maximum Gasteiger partial charge on any atom is 0.326 e. The summed E-state index contributed by atoms with van der Waals surface area (Å²) in [5.74, 6) is -0.487. The molecule has 0 spiro atoms. The van der Waals surface area contributed by atoms with Crippen LogP contribution < -0.4 is 0 Å². The van der Waals surface area contributed by atoms with Crippen molar-refractivity contribution in [2.24, 2.45) is 0 Å². The van der Waals surface area contributed by atoms with Crippen molar-refractivity contribution in [1.29, 1.82) is 0 Å². The van der Waals surface area contributed by atoms with Gasteiger partial charge in [-0.05, 0) is 12.1 Å². The maximum atomic E-state index is 12.2. The largest absolute Gasteiger partial charge is 0.480 e. The molecule has 0 aliphatic carbocycles. The van der Waals surface area contributed by atoms with Crippen molar-refractivity contribution in [3.8, 4) is 0 Å². The fourth-order valence-electron chi connectivity index (χ4n) is 2.18. The monoisotopic (exact) mass is 268 g/mol. The number of likely N-dealkylation sites (tertiary alicyclic amines) is 1. The number of hydrogen-bond donors (Lipinski definition) is 2. The number of hydrogen-bond acceptors (Lipinski definition) is 4. The Balaban J connectivity index is 2.03. The molecule has 1 fully saturated rings. The zero-order valence-electron chi connectivity index (χ0n) is 10.5. The molecule has 2 amide bonds. The number of carboxylic acids is 1. The third-order valence-corrected chi connectivity index (χ3v) is 3.11. The Hall–Kier alpha value is -2.02. The summed E-state index contributed by atoms with van der Waals surface area (Å²) in [7, 11) is 1.56. The fourth-order valence-corrected chi connectivity index (χ4v) is 2.18. The number of aliphatic carboxylic acids is 1. The van der Waals surface area contributed by atoms with E-state index in [0.717, 1.165) is 0 Å². The maximum absolute atomic E-state index is 12.2. The van der Waals surface area contributed by atoms with Crippen LogP contribution in [0.5, 0.6) is 0 Å². The second kappa shape index (κ2) is 5.31. The molecule has 0 unspecified atom stereocenters. The van der Waals surface area contributed by atoms with Gasteiger partial charge in [0.2, 0.25) is 0 Å². The number of carboxylic acid groups (broad SMARTS) is 1. The van der Waals surface area contributed by atoms with Crippen molar-refractivity contribution in [1.82, 2.24) is 9.80 Å². The summed E-state index contributed by atoms with van der Waals surface area (Å²) < 4.78 is 5.13. The topological polar surface area (TPSA) is 94.2 Å². The first-order valence-electron chi connectivity index (χ1n) is 5.94. The quantitative estimate of drug-likeness (QED) is 0.825. The molecular formula is C12H16N2O5. The fraction of sp³-hybridized carbons (Fsp3) is 0.500. The highest BCUT2D eigenvalue weighted by molar-refractivity contribution is 5.83. The van der Waals surface area contributed by atoms with Gasteiger partial charge in [0, 0.05) is 20.0 Å². The van der Waals surface area contributed by atoms with Gasteiger partial charge < -0.3 is 24.4 Å². The van der Waals surface area contributed by atoms with Crippen molar-refractivity contribution in [2.45, 2.75) is 25.1 Å². The lowest BCUT2D eigenvalue weighted by Gasteiger charge is -2.26. The molecule has 7 nitrogen and oxygen atoms in total. The number of rotatable bonds is 3. The predicted molar refractivity (Wildman–Crippen MR) is 64.3 cm³/mol. The zero-order chi connectivity index (χ0) is 14.0. The van der Waals surface area contributed by atoms with Crippen molar-refractivity contribution in [3.05, 3.63) is 24.2 Å². The third kappa shape index (κ3) is 2.87. The number of carbonyl (C=O) groups is 2. The van der Waals surface area contributed by atoms with E-state index in [9.17, 15) is 14.7 Å². The van der Waals surface area contributed by atoms with Gasteiger partial charge in [-0.3, -0.25) is 0 Å². The molecule has 19 heavy (non-hydrogen) atoms. The average Bonchev–Trinajstić information content (AvgIpc) is 2.97. The molecule has 0 saturated carbocycles. The highest BCUT2D eigenvalue weighted by Gasteiger charge is 2.40. The van der Waals surface area contributed by atoms with E-state index in [4.69, 9.17) is 9.52 Å². The first-order chi connectivity index (χ1) is 8.99. The predicted octanol–water partition coefficient (Wildman–Crippen LogP) is 0.351. The second-order valence-electron chi connectivity index (χ2n) is 4.61. The zero-order valence-corrected chi connectivity index (χ0v) is 10.5. The molecule has 1 aromatic heterocycles. The number of furan rings is 1. The second-order valence-corrected chi connectivity index (χ2v) is 4.61. The highest BCUT2D eigenvalue weighted by Crippen LogP contribution is 2.20. The van der Waals surface area contributed by atoms with Crippen LogP contribution in [0, 0.1) is 0 Å². The lowest BCUT2D eigenvalue weighted by Crippen LogP contribution is -2.46. The van der Waals surface area contributed by atoms with E-state index in [1.807, 2.05) is 0 Å². The molecule has 7 heteroatoms. The van der Waals surface area contributed by atoms with Gasteiger partial charge in [-0.15, -0.1) is 0 Å². The average molecular weight is 268 g/mol. The number of aliphatic hydroxyl groups is 1. The summed E-state index contributed by atoms with van der Waals surface area (Å²) in [6.45, 7) is 0.295. The third-order valence-electron chi connectivity index (χ3n) is 3.11. The molecule has 1 aliphatic rings. The SMILES string of the molecule is CN(Cc1ccco1)C(=O)N1C[C@H](O)C[C@H]1C(=O)O. The van der Waals surface area contributed by atoms with Gasteiger partial charge in [0.05, 0.1) is 18.9 Å². The van der Waals surface area contributed by atoms with E-state index < -0.39 is 24.1 Å². The molecule has 2 heterocycles. The molecule has 2 rings (SSSR count). The van der Waals surface area contributed by atoms with Gasteiger partial charge in [-0.25, -0.2) is 9.59 Å². The van der Waals surface area contributed by atoms with Crippen LogP contribution in [0.25, 0.3) is 0 Å². The van der Waals surface area contributed by atoms with Crippen molar-refractivity contribution >= 4 is 12.0 Å². The van der Waals surface area contributed by atoms with Crippen LogP contribution in [0.3, 0.4) is 0 Å². The van der Waals surface area contributed by atoms with Gasteiger partial charge in [-0.2, -0.15) is 0 Å². The Morgan fingerprint density at radius 2 is 2.32 bits per heavy atom. The van der Waals surface area contributed by atoms with Gasteiger partial charge in [0.1, 0.15) is 11.8 Å². The van der Waals surface area contributed by atoms with E-state index in [0.29, 0.717) is 5.76 Å². The molecule has 104 valence electrons. The van der Waals surface area contributed by atoms with Crippen LogP contribution in [-0.4, -0.2) is 57.8 Å². The first-order valence-corrected chi connectivity index (χ1v) is 5.94. The van der Waals surface area contributed by atoms with Gasteiger partial charge in [0.25, 0.3) is 0 Å². The van der Waals surface area contributed by atoms with Gasteiger partial charge in [-0.1, -0.05) is 0 Å². The van der Waals surface area contributed by atoms with Crippen LogP contribution in [-0.2, 0) is 11.3 Å². The number of urea groups is 1. The number of carbonyl (C=O) groups excluding carboxylic acids is 1. The minimum atomic E-state index is -1.10. The van der Waals surface area contributed by atoms with Crippen LogP contribution in [0.15, 0.2) is 22.8 Å². The summed E-state index contributed by atoms with van der Waals surface area (Å²) in [6, 6.07) is 2.05. The lowest BCUT2D eigenvalue weighted by atomic mass is 10.2.